The van der Waals surface area contributed by atoms with Crippen molar-refractivity contribution >= 4 is 0 Å². The van der Waals surface area contributed by atoms with Gasteiger partial charge in [0.05, 0.1) is 11.6 Å². The summed E-state index contributed by atoms with van der Waals surface area (Å²) in [5.74, 6) is 0. The first kappa shape index (κ1) is 16.5. The lowest BCUT2D eigenvalue weighted by atomic mass is 9.79. The molecule has 2 heteroatoms. The number of hydrogen-bond acceptors (Lipinski definition) is 2. The molecular weight excluding hydrogens is 258 g/mol. The minimum absolute atomic E-state index is 0.0959. The van der Waals surface area contributed by atoms with Gasteiger partial charge in [0, 0.05) is 0 Å². The summed E-state index contributed by atoms with van der Waals surface area (Å²) in [6, 6.07) is 8.59. The summed E-state index contributed by atoms with van der Waals surface area (Å²) in [7, 11) is 4.26. The Labute approximate surface area is 130 Å². The molecule has 1 fully saturated rings. The van der Waals surface area contributed by atoms with Crippen molar-refractivity contribution in [1.82, 2.24) is 4.90 Å². The molecule has 1 aliphatic carbocycles. The molecule has 1 aromatic rings. The molecule has 1 unspecified atom stereocenters. The Morgan fingerprint density at radius 3 is 2.38 bits per heavy atom. The van der Waals surface area contributed by atoms with E-state index in [9.17, 15) is 5.11 Å². The molecule has 1 aliphatic rings. The van der Waals surface area contributed by atoms with Crippen molar-refractivity contribution < 1.29 is 5.11 Å². The van der Waals surface area contributed by atoms with E-state index in [1.165, 1.54) is 31.2 Å². The van der Waals surface area contributed by atoms with Crippen molar-refractivity contribution in [3.05, 3.63) is 35.4 Å². The van der Waals surface area contributed by atoms with Crippen LogP contribution in [0, 0.1) is 0 Å². The number of aliphatic hydroxyl groups excluding tert-OH is 1. The maximum absolute atomic E-state index is 11.1. The predicted molar refractivity (Wildman–Crippen MR) is 89.5 cm³/mol. The topological polar surface area (TPSA) is 23.5 Å². The van der Waals surface area contributed by atoms with Gasteiger partial charge in [-0.3, -0.25) is 0 Å². The molecule has 0 radical (unpaired) electrons. The molecular formula is C19H31NO. The molecule has 0 saturated heterocycles. The first-order valence-corrected chi connectivity index (χ1v) is 8.54. The zero-order chi connectivity index (χ0) is 15.3. The largest absolute Gasteiger partial charge is 0.386 e. The predicted octanol–water partition coefficient (Wildman–Crippen LogP) is 4.33. The summed E-state index contributed by atoms with van der Waals surface area (Å²) in [6.07, 6.45) is 9.11. The average Bonchev–Trinajstić information content (AvgIpc) is 2.74. The molecule has 2 rings (SSSR count). The Morgan fingerprint density at radius 1 is 1.14 bits per heavy atom. The lowest BCUT2D eigenvalue weighted by Crippen LogP contribution is -2.49. The summed E-state index contributed by atoms with van der Waals surface area (Å²) in [5.41, 5.74) is 2.34. The normalized spacial score (nSPS) is 20.2. The number of hydrogen-bond donors (Lipinski definition) is 1. The number of likely N-dealkylation sites (N-methyl/N-ethyl adjacent to an activating group) is 1. The summed E-state index contributed by atoms with van der Waals surface area (Å²) >= 11 is 0. The molecule has 1 atom stereocenters. The second-order valence-corrected chi connectivity index (χ2v) is 6.81. The van der Waals surface area contributed by atoms with E-state index in [-0.39, 0.29) is 11.6 Å². The second-order valence-electron chi connectivity index (χ2n) is 6.81. The monoisotopic (exact) mass is 289 g/mol. The molecule has 0 amide bonds. The van der Waals surface area contributed by atoms with E-state index in [4.69, 9.17) is 0 Å². The van der Waals surface area contributed by atoms with E-state index < -0.39 is 0 Å². The van der Waals surface area contributed by atoms with Gasteiger partial charge in [-0.05, 0) is 44.5 Å². The highest BCUT2D eigenvalue weighted by Crippen LogP contribution is 2.41. The van der Waals surface area contributed by atoms with Crippen LogP contribution >= 0.6 is 0 Å². The Hall–Kier alpha value is -0.860. The van der Waals surface area contributed by atoms with Crippen LogP contribution < -0.4 is 0 Å². The van der Waals surface area contributed by atoms with Crippen LogP contribution in [0.5, 0.6) is 0 Å². The average molecular weight is 289 g/mol. The molecule has 1 N–H and O–H groups in total. The SMILES string of the molecule is CCCc1cccc(C(O)C2(N(C)C)CCCCCC2)c1. The smallest absolute Gasteiger partial charge is 0.0973 e. The van der Waals surface area contributed by atoms with E-state index in [2.05, 4.69) is 50.2 Å². The molecule has 2 nitrogen and oxygen atoms in total. The zero-order valence-electron chi connectivity index (χ0n) is 13.9. The molecule has 0 heterocycles. The van der Waals surface area contributed by atoms with Crippen LogP contribution in [0.4, 0.5) is 0 Å². The van der Waals surface area contributed by atoms with E-state index in [1.54, 1.807) is 0 Å². The Bertz CT molecular complexity index is 433. The van der Waals surface area contributed by atoms with Crippen molar-refractivity contribution in [2.75, 3.05) is 14.1 Å². The van der Waals surface area contributed by atoms with Crippen molar-refractivity contribution in [3.8, 4) is 0 Å². The molecule has 1 saturated carbocycles. The van der Waals surface area contributed by atoms with Crippen LogP contribution in [-0.4, -0.2) is 29.6 Å². The molecule has 21 heavy (non-hydrogen) atoms. The van der Waals surface area contributed by atoms with Crippen LogP contribution in [0.1, 0.15) is 69.1 Å². The van der Waals surface area contributed by atoms with Crippen molar-refractivity contribution in [1.29, 1.82) is 0 Å². The highest BCUT2D eigenvalue weighted by Gasteiger charge is 2.40. The van der Waals surface area contributed by atoms with E-state index in [0.717, 1.165) is 31.2 Å². The van der Waals surface area contributed by atoms with Crippen LogP contribution in [0.2, 0.25) is 0 Å². The zero-order valence-corrected chi connectivity index (χ0v) is 13.9. The maximum atomic E-state index is 11.1. The van der Waals surface area contributed by atoms with Crippen molar-refractivity contribution in [2.24, 2.45) is 0 Å². The van der Waals surface area contributed by atoms with Gasteiger partial charge in [-0.2, -0.15) is 0 Å². The van der Waals surface area contributed by atoms with Gasteiger partial charge < -0.3 is 10.0 Å². The number of rotatable bonds is 5. The van der Waals surface area contributed by atoms with Gasteiger partial charge in [-0.25, -0.2) is 0 Å². The Balaban J connectivity index is 2.29. The lowest BCUT2D eigenvalue weighted by molar-refractivity contribution is -0.0199. The molecule has 118 valence electrons. The third-order valence-electron chi connectivity index (χ3n) is 5.17. The van der Waals surface area contributed by atoms with Gasteiger partial charge >= 0.3 is 0 Å². The fourth-order valence-corrected chi connectivity index (χ4v) is 3.82. The van der Waals surface area contributed by atoms with Crippen LogP contribution in [0.15, 0.2) is 24.3 Å². The molecule has 0 spiro atoms. The van der Waals surface area contributed by atoms with Crippen LogP contribution in [0.3, 0.4) is 0 Å². The minimum atomic E-state index is -0.387. The van der Waals surface area contributed by atoms with Gasteiger partial charge in [-0.1, -0.05) is 63.3 Å². The molecule has 0 aliphatic heterocycles. The van der Waals surface area contributed by atoms with Crippen molar-refractivity contribution in [3.63, 3.8) is 0 Å². The minimum Gasteiger partial charge on any atom is -0.386 e. The van der Waals surface area contributed by atoms with Gasteiger partial charge in [0.1, 0.15) is 0 Å². The maximum Gasteiger partial charge on any atom is 0.0973 e. The summed E-state index contributed by atoms with van der Waals surface area (Å²) in [6.45, 7) is 2.20. The van der Waals surface area contributed by atoms with Crippen LogP contribution in [-0.2, 0) is 6.42 Å². The first-order valence-electron chi connectivity index (χ1n) is 8.54. The Morgan fingerprint density at radius 2 is 1.81 bits per heavy atom. The summed E-state index contributed by atoms with van der Waals surface area (Å²) in [5, 5.41) is 11.1. The van der Waals surface area contributed by atoms with Gasteiger partial charge in [0.15, 0.2) is 0 Å². The highest BCUT2D eigenvalue weighted by molar-refractivity contribution is 5.28. The third kappa shape index (κ3) is 3.67. The first-order chi connectivity index (χ1) is 10.1. The molecule has 1 aromatic carbocycles. The van der Waals surface area contributed by atoms with E-state index in [0.29, 0.717) is 0 Å². The number of aliphatic hydroxyl groups is 1. The fraction of sp³-hybridized carbons (Fsp3) is 0.684. The fourth-order valence-electron chi connectivity index (χ4n) is 3.82. The quantitative estimate of drug-likeness (QED) is 0.816. The lowest BCUT2D eigenvalue weighted by Gasteiger charge is -2.43. The van der Waals surface area contributed by atoms with E-state index >= 15 is 0 Å². The summed E-state index contributed by atoms with van der Waals surface area (Å²) < 4.78 is 0. The van der Waals surface area contributed by atoms with Crippen molar-refractivity contribution in [2.45, 2.75) is 69.9 Å². The summed E-state index contributed by atoms with van der Waals surface area (Å²) in [4.78, 5) is 2.27. The standard InChI is InChI=1S/C19H31NO/c1-4-10-16-11-9-12-17(15-16)18(21)19(20(2)3)13-7-5-6-8-14-19/h9,11-12,15,18,21H,4-8,10,13-14H2,1-3H3. The van der Waals surface area contributed by atoms with Crippen LogP contribution in [0.25, 0.3) is 0 Å². The number of benzene rings is 1. The molecule has 0 bridgehead atoms. The van der Waals surface area contributed by atoms with Gasteiger partial charge in [0.25, 0.3) is 0 Å². The van der Waals surface area contributed by atoms with Gasteiger partial charge in [-0.15, -0.1) is 0 Å². The Kier molecular flexibility index (Phi) is 5.83. The molecule has 0 aromatic heterocycles. The third-order valence-corrected chi connectivity index (χ3v) is 5.17. The number of aryl methyl sites for hydroxylation is 1. The number of nitrogens with zero attached hydrogens (tertiary/aromatic N) is 1. The second kappa shape index (κ2) is 7.42. The highest BCUT2D eigenvalue weighted by atomic mass is 16.3. The van der Waals surface area contributed by atoms with Gasteiger partial charge in [0.2, 0.25) is 0 Å². The van der Waals surface area contributed by atoms with E-state index in [1.807, 2.05) is 0 Å².